The maximum absolute atomic E-state index is 11.1. The molecule has 2 aromatic carbocycles. The Kier molecular flexibility index (Phi) is 4.94. The van der Waals surface area contributed by atoms with Gasteiger partial charge in [-0.15, -0.1) is 0 Å². The van der Waals surface area contributed by atoms with Crippen molar-refractivity contribution in [3.63, 3.8) is 0 Å². The van der Waals surface area contributed by atoms with Crippen LogP contribution in [0.5, 0.6) is 0 Å². The summed E-state index contributed by atoms with van der Waals surface area (Å²) in [6.07, 6.45) is 0. The molecule has 0 amide bonds. The molecule has 0 saturated carbocycles. The number of nitro benzene ring substituents is 1. The Balaban J connectivity index is 2.13. The Labute approximate surface area is 128 Å². The molecule has 0 bridgehead atoms. The molecule has 4 nitrogen and oxygen atoms in total. The minimum atomic E-state index is -0.401. The fraction of sp³-hybridized carbons (Fsp3) is 0.250. The first-order chi connectivity index (χ1) is 9.99. The Morgan fingerprint density at radius 1 is 1.29 bits per heavy atom. The third-order valence-corrected chi connectivity index (χ3v) is 3.73. The number of nitrogens with one attached hydrogen (secondary N) is 1. The van der Waals surface area contributed by atoms with Crippen molar-refractivity contribution in [3.05, 3.63) is 74.3 Å². The predicted molar refractivity (Wildman–Crippen MR) is 84.5 cm³/mol. The maximum Gasteiger partial charge on any atom is 0.275 e. The molecule has 0 unspecified atom stereocenters. The number of rotatable bonds is 5. The van der Waals surface area contributed by atoms with Crippen molar-refractivity contribution < 1.29 is 4.92 Å². The van der Waals surface area contributed by atoms with E-state index >= 15 is 0 Å². The number of hydrogen-bond donors (Lipinski definition) is 1. The van der Waals surface area contributed by atoms with Gasteiger partial charge in [-0.2, -0.15) is 0 Å². The van der Waals surface area contributed by atoms with Gasteiger partial charge >= 0.3 is 0 Å². The molecule has 0 aliphatic carbocycles. The predicted octanol–water partition coefficient (Wildman–Crippen LogP) is 4.41. The number of nitro groups is 1. The maximum atomic E-state index is 11.1. The van der Waals surface area contributed by atoms with Gasteiger partial charge in [-0.05, 0) is 37.1 Å². The van der Waals surface area contributed by atoms with Gasteiger partial charge in [0.25, 0.3) is 5.69 Å². The van der Waals surface area contributed by atoms with Gasteiger partial charge in [0.2, 0.25) is 0 Å². The summed E-state index contributed by atoms with van der Waals surface area (Å²) < 4.78 is 0. The van der Waals surface area contributed by atoms with Crippen LogP contribution in [0.1, 0.15) is 29.7 Å². The molecule has 1 N–H and O–H groups in total. The first-order valence-corrected chi connectivity index (χ1v) is 7.08. The highest BCUT2D eigenvalue weighted by atomic mass is 35.5. The minimum absolute atomic E-state index is 0.0481. The fourth-order valence-corrected chi connectivity index (χ4v) is 2.47. The molecular formula is C16H17ClN2O2. The summed E-state index contributed by atoms with van der Waals surface area (Å²) in [5.74, 6) is 0. The lowest BCUT2D eigenvalue weighted by atomic mass is 10.0. The van der Waals surface area contributed by atoms with Crippen molar-refractivity contribution in [2.75, 3.05) is 0 Å². The standard InChI is InChI=1S/C16H17ClN2O2/c1-11-5-3-4-6-15(11)12(2)18-10-13-7-8-14(17)9-16(13)19(20)21/h3-9,12,18H,10H2,1-2H3/t12-/m1/s1. The molecule has 110 valence electrons. The minimum Gasteiger partial charge on any atom is -0.306 e. The number of aryl methyl sites for hydroxylation is 1. The lowest BCUT2D eigenvalue weighted by Crippen LogP contribution is -2.19. The number of halogens is 1. The number of nitrogens with zero attached hydrogens (tertiary/aromatic N) is 1. The van der Waals surface area contributed by atoms with Crippen molar-refractivity contribution in [2.24, 2.45) is 0 Å². The summed E-state index contributed by atoms with van der Waals surface area (Å²) in [7, 11) is 0. The molecule has 5 heteroatoms. The Bertz CT molecular complexity index is 658. The molecule has 0 aliphatic heterocycles. The van der Waals surface area contributed by atoms with Gasteiger partial charge in [0, 0.05) is 29.2 Å². The molecule has 0 aromatic heterocycles. The molecule has 0 aliphatic rings. The Morgan fingerprint density at radius 2 is 2.00 bits per heavy atom. The van der Waals surface area contributed by atoms with Crippen LogP contribution in [0.4, 0.5) is 5.69 Å². The highest BCUT2D eigenvalue weighted by Crippen LogP contribution is 2.24. The summed E-state index contributed by atoms with van der Waals surface area (Å²) in [5, 5.41) is 14.8. The SMILES string of the molecule is Cc1ccccc1[C@@H](C)NCc1ccc(Cl)cc1[N+](=O)[O-]. The average Bonchev–Trinajstić information content (AvgIpc) is 2.46. The van der Waals surface area contributed by atoms with Crippen LogP contribution in [0.15, 0.2) is 42.5 Å². The third-order valence-electron chi connectivity index (χ3n) is 3.50. The molecule has 0 saturated heterocycles. The molecule has 0 fully saturated rings. The van der Waals surface area contributed by atoms with Crippen molar-refractivity contribution in [1.29, 1.82) is 0 Å². The highest BCUT2D eigenvalue weighted by molar-refractivity contribution is 6.30. The smallest absolute Gasteiger partial charge is 0.275 e. The van der Waals surface area contributed by atoms with Crippen LogP contribution in [0, 0.1) is 17.0 Å². The van der Waals surface area contributed by atoms with E-state index in [-0.39, 0.29) is 11.7 Å². The van der Waals surface area contributed by atoms with Gasteiger partial charge in [-0.1, -0.05) is 35.9 Å². The third kappa shape index (κ3) is 3.80. The van der Waals surface area contributed by atoms with Crippen LogP contribution in [-0.2, 0) is 6.54 Å². The monoisotopic (exact) mass is 304 g/mol. The van der Waals surface area contributed by atoms with Gasteiger partial charge in [0.05, 0.1) is 4.92 Å². The van der Waals surface area contributed by atoms with Crippen molar-refractivity contribution in [3.8, 4) is 0 Å². The molecule has 1 atom stereocenters. The fourth-order valence-electron chi connectivity index (χ4n) is 2.30. The van der Waals surface area contributed by atoms with Crippen LogP contribution in [0.25, 0.3) is 0 Å². The molecule has 0 radical (unpaired) electrons. The topological polar surface area (TPSA) is 55.2 Å². The van der Waals surface area contributed by atoms with Crippen molar-refractivity contribution >= 4 is 17.3 Å². The number of benzene rings is 2. The zero-order chi connectivity index (χ0) is 15.4. The van der Waals surface area contributed by atoms with E-state index in [1.165, 1.54) is 17.2 Å². The van der Waals surface area contributed by atoms with Crippen LogP contribution >= 0.6 is 11.6 Å². The molecule has 2 rings (SSSR count). The van der Waals surface area contributed by atoms with Crippen LogP contribution in [0.3, 0.4) is 0 Å². The van der Waals surface area contributed by atoms with Gasteiger partial charge in [0.1, 0.15) is 0 Å². The normalized spacial score (nSPS) is 12.1. The van der Waals surface area contributed by atoms with E-state index in [1.807, 2.05) is 19.1 Å². The Morgan fingerprint density at radius 3 is 2.67 bits per heavy atom. The lowest BCUT2D eigenvalue weighted by molar-refractivity contribution is -0.385. The average molecular weight is 305 g/mol. The van der Waals surface area contributed by atoms with Gasteiger partial charge in [-0.25, -0.2) is 0 Å². The zero-order valence-corrected chi connectivity index (χ0v) is 12.7. The number of hydrogen-bond acceptors (Lipinski definition) is 3. The van der Waals surface area contributed by atoms with Crippen LogP contribution in [0.2, 0.25) is 5.02 Å². The van der Waals surface area contributed by atoms with Crippen molar-refractivity contribution in [2.45, 2.75) is 26.4 Å². The van der Waals surface area contributed by atoms with E-state index in [0.717, 1.165) is 0 Å². The zero-order valence-electron chi connectivity index (χ0n) is 12.0. The van der Waals surface area contributed by atoms with E-state index in [2.05, 4.69) is 24.4 Å². The van der Waals surface area contributed by atoms with Gasteiger partial charge in [0.15, 0.2) is 0 Å². The quantitative estimate of drug-likeness (QED) is 0.657. The van der Waals surface area contributed by atoms with Crippen LogP contribution in [-0.4, -0.2) is 4.92 Å². The summed E-state index contributed by atoms with van der Waals surface area (Å²) in [6, 6.07) is 13.0. The van der Waals surface area contributed by atoms with Crippen molar-refractivity contribution in [1.82, 2.24) is 5.32 Å². The second-order valence-corrected chi connectivity index (χ2v) is 5.43. The second-order valence-electron chi connectivity index (χ2n) is 4.99. The molecule has 0 heterocycles. The summed E-state index contributed by atoms with van der Waals surface area (Å²) in [5.41, 5.74) is 3.06. The summed E-state index contributed by atoms with van der Waals surface area (Å²) in [4.78, 5) is 10.7. The summed E-state index contributed by atoms with van der Waals surface area (Å²) in [6.45, 7) is 4.52. The second kappa shape index (κ2) is 6.70. The first-order valence-electron chi connectivity index (χ1n) is 6.70. The Hall–Kier alpha value is -1.91. The van der Waals surface area contributed by atoms with Crippen LogP contribution < -0.4 is 5.32 Å². The molecular weight excluding hydrogens is 288 g/mol. The largest absolute Gasteiger partial charge is 0.306 e. The lowest BCUT2D eigenvalue weighted by Gasteiger charge is -2.16. The van der Waals surface area contributed by atoms with E-state index < -0.39 is 4.92 Å². The van der Waals surface area contributed by atoms with Gasteiger partial charge in [-0.3, -0.25) is 10.1 Å². The van der Waals surface area contributed by atoms with E-state index in [9.17, 15) is 10.1 Å². The molecule has 21 heavy (non-hydrogen) atoms. The van der Waals surface area contributed by atoms with E-state index in [1.54, 1.807) is 12.1 Å². The van der Waals surface area contributed by atoms with E-state index in [4.69, 9.17) is 11.6 Å². The van der Waals surface area contributed by atoms with Gasteiger partial charge < -0.3 is 5.32 Å². The van der Waals surface area contributed by atoms with E-state index in [0.29, 0.717) is 17.1 Å². The summed E-state index contributed by atoms with van der Waals surface area (Å²) >= 11 is 5.82. The highest BCUT2D eigenvalue weighted by Gasteiger charge is 2.15. The molecule has 2 aromatic rings. The molecule has 0 spiro atoms. The first kappa shape index (κ1) is 15.5.